The summed E-state index contributed by atoms with van der Waals surface area (Å²) in [6.45, 7) is 4.69. The van der Waals surface area contributed by atoms with Gasteiger partial charge in [0.15, 0.2) is 0 Å². The molecule has 5 heteroatoms. The minimum Gasteiger partial charge on any atom is -0.494 e. The molecule has 0 N–H and O–H groups in total. The Hall–Kier alpha value is -1.46. The van der Waals surface area contributed by atoms with E-state index < -0.39 is 0 Å². The highest BCUT2D eigenvalue weighted by atomic mass is 32.2. The first-order valence-electron chi connectivity index (χ1n) is 7.26. The molecule has 1 atom stereocenters. The first-order valence-corrected chi connectivity index (χ1v) is 9.13. The number of thioether (sulfide) groups is 1. The Bertz CT molecular complexity index is 581. The number of hydrogen-bond donors (Lipinski definition) is 0. The number of carbonyl (C=O) groups is 1. The molecule has 0 radical (unpaired) electrons. The molecule has 1 aromatic heterocycles. The van der Waals surface area contributed by atoms with Crippen molar-refractivity contribution >= 4 is 29.0 Å². The Balaban J connectivity index is 1.86. The zero-order valence-electron chi connectivity index (χ0n) is 13.1. The summed E-state index contributed by atoms with van der Waals surface area (Å²) in [5.41, 5.74) is 0. The molecule has 22 heavy (non-hydrogen) atoms. The molecule has 0 aliphatic rings. The van der Waals surface area contributed by atoms with Crippen LogP contribution in [0.4, 0.5) is 0 Å². The van der Waals surface area contributed by atoms with Crippen molar-refractivity contribution in [3.8, 4) is 5.75 Å². The highest BCUT2D eigenvalue weighted by Gasteiger charge is 2.18. The van der Waals surface area contributed by atoms with Gasteiger partial charge in [0, 0.05) is 16.8 Å². The average molecular weight is 335 g/mol. The Morgan fingerprint density at radius 3 is 2.64 bits per heavy atom. The topological polar surface area (TPSA) is 29.5 Å². The third kappa shape index (κ3) is 4.52. The van der Waals surface area contributed by atoms with E-state index in [0.717, 1.165) is 10.6 Å². The molecule has 3 nitrogen and oxygen atoms in total. The van der Waals surface area contributed by atoms with Gasteiger partial charge in [-0.2, -0.15) is 0 Å². The van der Waals surface area contributed by atoms with Gasteiger partial charge in [0.05, 0.1) is 18.4 Å². The molecule has 2 aromatic rings. The molecule has 0 saturated heterocycles. The molecular weight excluding hydrogens is 314 g/mol. The molecule has 118 valence electrons. The van der Waals surface area contributed by atoms with Crippen LogP contribution in [0.3, 0.4) is 0 Å². The normalized spacial score (nSPS) is 12.0. The summed E-state index contributed by atoms with van der Waals surface area (Å²) in [5.74, 6) is 1.45. The van der Waals surface area contributed by atoms with Crippen molar-refractivity contribution in [3.05, 3.63) is 46.7 Å². The van der Waals surface area contributed by atoms with Crippen molar-refractivity contribution in [1.29, 1.82) is 0 Å². The zero-order valence-corrected chi connectivity index (χ0v) is 14.7. The number of thiophene rings is 1. The van der Waals surface area contributed by atoms with E-state index in [4.69, 9.17) is 4.74 Å². The van der Waals surface area contributed by atoms with Crippen LogP contribution in [-0.4, -0.2) is 30.2 Å². The van der Waals surface area contributed by atoms with Gasteiger partial charge >= 0.3 is 0 Å². The van der Waals surface area contributed by atoms with Crippen LogP contribution in [-0.2, 0) is 4.79 Å². The van der Waals surface area contributed by atoms with Gasteiger partial charge in [0.1, 0.15) is 5.75 Å². The number of hydrogen-bond acceptors (Lipinski definition) is 4. The van der Waals surface area contributed by atoms with E-state index in [1.807, 2.05) is 54.6 Å². The first kappa shape index (κ1) is 16.9. The van der Waals surface area contributed by atoms with Crippen molar-refractivity contribution in [3.63, 3.8) is 0 Å². The van der Waals surface area contributed by atoms with Gasteiger partial charge in [-0.25, -0.2) is 0 Å². The number of ether oxygens (including phenoxy) is 1. The van der Waals surface area contributed by atoms with Crippen molar-refractivity contribution < 1.29 is 9.53 Å². The second-order valence-corrected chi connectivity index (χ2v) is 6.92. The lowest BCUT2D eigenvalue weighted by molar-refractivity contribution is -0.128. The minimum absolute atomic E-state index is 0.119. The van der Waals surface area contributed by atoms with E-state index in [0.29, 0.717) is 12.4 Å². The van der Waals surface area contributed by atoms with Crippen molar-refractivity contribution in [2.24, 2.45) is 0 Å². The molecule has 0 saturated carbocycles. The molecule has 0 bridgehead atoms. The van der Waals surface area contributed by atoms with Crippen LogP contribution in [0, 0.1) is 0 Å². The average Bonchev–Trinajstić information content (AvgIpc) is 3.07. The highest BCUT2D eigenvalue weighted by Crippen LogP contribution is 2.26. The van der Waals surface area contributed by atoms with E-state index in [1.54, 1.807) is 23.1 Å². The van der Waals surface area contributed by atoms with Crippen molar-refractivity contribution in [2.75, 3.05) is 19.4 Å². The number of rotatable bonds is 7. The van der Waals surface area contributed by atoms with E-state index in [9.17, 15) is 4.79 Å². The molecule has 1 aromatic carbocycles. The van der Waals surface area contributed by atoms with Gasteiger partial charge in [0.25, 0.3) is 0 Å². The maximum atomic E-state index is 12.3. The van der Waals surface area contributed by atoms with Gasteiger partial charge in [-0.1, -0.05) is 6.07 Å². The summed E-state index contributed by atoms with van der Waals surface area (Å²) in [6.07, 6.45) is 0. The first-order chi connectivity index (χ1) is 10.6. The fraction of sp³-hybridized carbons (Fsp3) is 0.353. The largest absolute Gasteiger partial charge is 0.494 e. The summed E-state index contributed by atoms with van der Waals surface area (Å²) in [4.78, 5) is 16.4. The van der Waals surface area contributed by atoms with Crippen LogP contribution < -0.4 is 4.74 Å². The minimum atomic E-state index is 0.119. The lowest BCUT2D eigenvalue weighted by atomic mass is 10.2. The lowest BCUT2D eigenvalue weighted by Gasteiger charge is -2.24. The van der Waals surface area contributed by atoms with E-state index in [2.05, 4.69) is 13.0 Å². The standard InChI is InChI=1S/C17H21NO2S2/c1-4-20-14-7-9-15(10-8-14)22-12-17(19)18(3)13(2)16-6-5-11-21-16/h5-11,13H,4,12H2,1-3H3. The maximum absolute atomic E-state index is 12.3. The molecule has 1 unspecified atom stereocenters. The molecule has 0 fully saturated rings. The summed E-state index contributed by atoms with van der Waals surface area (Å²) >= 11 is 3.24. The Morgan fingerprint density at radius 2 is 2.05 bits per heavy atom. The second-order valence-electron chi connectivity index (χ2n) is 4.89. The molecule has 0 spiro atoms. The van der Waals surface area contributed by atoms with Gasteiger partial charge in [0.2, 0.25) is 5.91 Å². The Labute approximate surface area is 140 Å². The summed E-state index contributed by atoms with van der Waals surface area (Å²) in [5, 5.41) is 2.04. The lowest BCUT2D eigenvalue weighted by Crippen LogP contribution is -2.30. The maximum Gasteiger partial charge on any atom is 0.233 e. The SMILES string of the molecule is CCOc1ccc(SCC(=O)N(C)C(C)c2cccs2)cc1. The van der Waals surface area contributed by atoms with E-state index in [1.165, 1.54) is 4.88 Å². The molecule has 0 aliphatic heterocycles. The van der Waals surface area contributed by atoms with E-state index >= 15 is 0 Å². The fourth-order valence-corrected chi connectivity index (χ4v) is 3.63. The summed E-state index contributed by atoms with van der Waals surface area (Å²) < 4.78 is 5.41. The van der Waals surface area contributed by atoms with Crippen molar-refractivity contribution in [1.82, 2.24) is 4.90 Å². The van der Waals surface area contributed by atoms with Crippen LogP contribution in [0.1, 0.15) is 24.8 Å². The van der Waals surface area contributed by atoms with Gasteiger partial charge in [-0.05, 0) is 49.6 Å². The predicted molar refractivity (Wildman–Crippen MR) is 93.8 cm³/mol. The van der Waals surface area contributed by atoms with Gasteiger partial charge < -0.3 is 9.64 Å². The summed E-state index contributed by atoms with van der Waals surface area (Å²) in [7, 11) is 1.87. The molecule has 1 amide bonds. The van der Waals surface area contributed by atoms with Gasteiger partial charge in [-0.15, -0.1) is 23.1 Å². The molecular formula is C17H21NO2S2. The van der Waals surface area contributed by atoms with Crippen LogP contribution in [0.2, 0.25) is 0 Å². The fourth-order valence-electron chi connectivity index (χ4n) is 1.98. The molecule has 1 heterocycles. The molecule has 0 aliphatic carbocycles. The number of carbonyl (C=O) groups excluding carboxylic acids is 1. The predicted octanol–water partition coefficient (Wildman–Crippen LogP) is 4.46. The van der Waals surface area contributed by atoms with Crippen LogP contribution in [0.15, 0.2) is 46.7 Å². The quantitative estimate of drug-likeness (QED) is 0.700. The van der Waals surface area contributed by atoms with Crippen LogP contribution >= 0.6 is 23.1 Å². The van der Waals surface area contributed by atoms with Crippen LogP contribution in [0.25, 0.3) is 0 Å². The Morgan fingerprint density at radius 1 is 1.32 bits per heavy atom. The zero-order chi connectivity index (χ0) is 15.9. The number of benzene rings is 1. The van der Waals surface area contributed by atoms with Crippen molar-refractivity contribution in [2.45, 2.75) is 24.8 Å². The van der Waals surface area contributed by atoms with Gasteiger partial charge in [-0.3, -0.25) is 4.79 Å². The highest BCUT2D eigenvalue weighted by molar-refractivity contribution is 8.00. The third-order valence-corrected chi connectivity index (χ3v) is 5.47. The number of amides is 1. The van der Waals surface area contributed by atoms with E-state index in [-0.39, 0.29) is 11.9 Å². The third-order valence-electron chi connectivity index (χ3n) is 3.43. The molecule has 2 rings (SSSR count). The number of nitrogens with zero attached hydrogens (tertiary/aromatic N) is 1. The monoisotopic (exact) mass is 335 g/mol. The Kier molecular flexibility index (Phi) is 6.34. The van der Waals surface area contributed by atoms with Crippen LogP contribution in [0.5, 0.6) is 5.75 Å². The second kappa shape index (κ2) is 8.25. The smallest absolute Gasteiger partial charge is 0.233 e. The summed E-state index contributed by atoms with van der Waals surface area (Å²) in [6, 6.07) is 12.1.